The van der Waals surface area contributed by atoms with Gasteiger partial charge in [0, 0.05) is 24.7 Å². The first-order valence-corrected chi connectivity index (χ1v) is 4.51. The Morgan fingerprint density at radius 2 is 2.18 bits per heavy atom. The fourth-order valence-electron chi connectivity index (χ4n) is 1.72. The van der Waals surface area contributed by atoms with Gasteiger partial charge in [-0.25, -0.2) is 0 Å². The molecule has 0 saturated carbocycles. The highest BCUT2D eigenvalue weighted by molar-refractivity contribution is 4.91. The predicted molar refractivity (Wildman–Crippen MR) is 48.8 cm³/mol. The van der Waals surface area contributed by atoms with Crippen molar-refractivity contribution in [3.63, 3.8) is 0 Å². The number of likely N-dealkylation sites (N-methyl/N-ethyl adjacent to an activating group) is 1. The molecule has 0 radical (unpaired) electrons. The Balaban J connectivity index is 2.60. The third-order valence-electron chi connectivity index (χ3n) is 2.91. The average Bonchev–Trinajstić information content (AvgIpc) is 1.95. The molecule has 2 nitrogen and oxygen atoms in total. The number of nitrogens with one attached hydrogen (secondary N) is 1. The lowest BCUT2D eigenvalue weighted by Crippen LogP contribution is -2.60. The molecule has 0 aromatic rings. The van der Waals surface area contributed by atoms with E-state index in [1.54, 1.807) is 0 Å². The number of hydrogen-bond donors (Lipinski definition) is 1. The minimum absolute atomic E-state index is 0.332. The molecule has 11 heavy (non-hydrogen) atoms. The van der Waals surface area contributed by atoms with Crippen LogP contribution < -0.4 is 5.32 Å². The normalized spacial score (nSPS) is 32.2. The van der Waals surface area contributed by atoms with Crippen LogP contribution in [0.3, 0.4) is 0 Å². The summed E-state index contributed by atoms with van der Waals surface area (Å²) < 4.78 is 0. The largest absolute Gasteiger partial charge is 0.313 e. The molecule has 1 heterocycles. The van der Waals surface area contributed by atoms with Crippen LogP contribution in [0.2, 0.25) is 0 Å². The summed E-state index contributed by atoms with van der Waals surface area (Å²) in [6.07, 6.45) is 1.24. The van der Waals surface area contributed by atoms with Crippen LogP contribution in [0.15, 0.2) is 0 Å². The average molecular weight is 156 g/mol. The van der Waals surface area contributed by atoms with Gasteiger partial charge in [0.1, 0.15) is 0 Å². The van der Waals surface area contributed by atoms with Crippen molar-refractivity contribution >= 4 is 0 Å². The minimum atomic E-state index is 0.332. The van der Waals surface area contributed by atoms with E-state index in [-0.39, 0.29) is 0 Å². The van der Waals surface area contributed by atoms with Crippen LogP contribution in [0.4, 0.5) is 0 Å². The standard InChI is InChI=1S/C9H20N2/c1-5-8-6-10-7-9(2,3)11(8)4/h8,10H,5-7H2,1-4H3. The lowest BCUT2D eigenvalue weighted by atomic mass is 9.96. The second-order valence-corrected chi connectivity index (χ2v) is 4.12. The van der Waals surface area contributed by atoms with Crippen LogP contribution in [0, 0.1) is 0 Å². The van der Waals surface area contributed by atoms with Crippen molar-refractivity contribution in [1.82, 2.24) is 10.2 Å². The third-order valence-corrected chi connectivity index (χ3v) is 2.91. The van der Waals surface area contributed by atoms with Crippen molar-refractivity contribution in [3.05, 3.63) is 0 Å². The molecule has 1 fully saturated rings. The molecular formula is C9H20N2. The zero-order valence-corrected chi connectivity index (χ0v) is 8.15. The van der Waals surface area contributed by atoms with Crippen molar-refractivity contribution in [2.24, 2.45) is 0 Å². The van der Waals surface area contributed by atoms with E-state index in [0.717, 1.165) is 19.1 Å². The number of nitrogens with zero attached hydrogens (tertiary/aromatic N) is 1. The van der Waals surface area contributed by atoms with Crippen molar-refractivity contribution in [2.45, 2.75) is 38.8 Å². The molecule has 0 aromatic carbocycles. The molecule has 1 atom stereocenters. The van der Waals surface area contributed by atoms with Gasteiger partial charge in [0.2, 0.25) is 0 Å². The smallest absolute Gasteiger partial charge is 0.0278 e. The Morgan fingerprint density at radius 1 is 1.55 bits per heavy atom. The summed E-state index contributed by atoms with van der Waals surface area (Å²) in [4.78, 5) is 2.49. The maximum absolute atomic E-state index is 3.46. The molecule has 0 aliphatic carbocycles. The van der Waals surface area contributed by atoms with Crippen LogP contribution >= 0.6 is 0 Å². The van der Waals surface area contributed by atoms with E-state index in [2.05, 4.69) is 38.0 Å². The first-order chi connectivity index (χ1) is 5.08. The van der Waals surface area contributed by atoms with Crippen LogP contribution in [-0.2, 0) is 0 Å². The van der Waals surface area contributed by atoms with Crippen LogP contribution in [0.25, 0.3) is 0 Å². The molecule has 1 unspecified atom stereocenters. The summed E-state index contributed by atoms with van der Waals surface area (Å²) in [6, 6.07) is 0.721. The predicted octanol–water partition coefficient (Wildman–Crippen LogP) is 1.08. The molecule has 1 N–H and O–H groups in total. The van der Waals surface area contributed by atoms with E-state index in [1.807, 2.05) is 0 Å². The van der Waals surface area contributed by atoms with Crippen LogP contribution in [0.5, 0.6) is 0 Å². The van der Waals surface area contributed by atoms with Crippen LogP contribution in [-0.4, -0.2) is 36.6 Å². The highest BCUT2D eigenvalue weighted by Gasteiger charge is 2.31. The summed E-state index contributed by atoms with van der Waals surface area (Å²) >= 11 is 0. The summed E-state index contributed by atoms with van der Waals surface area (Å²) in [7, 11) is 2.23. The number of rotatable bonds is 1. The van der Waals surface area contributed by atoms with Gasteiger partial charge in [0.05, 0.1) is 0 Å². The third kappa shape index (κ3) is 1.74. The molecule has 0 spiro atoms. The molecule has 1 saturated heterocycles. The van der Waals surface area contributed by atoms with Crippen molar-refractivity contribution in [3.8, 4) is 0 Å². The lowest BCUT2D eigenvalue weighted by Gasteiger charge is -2.45. The van der Waals surface area contributed by atoms with E-state index in [1.165, 1.54) is 6.42 Å². The highest BCUT2D eigenvalue weighted by Crippen LogP contribution is 2.19. The summed E-state index contributed by atoms with van der Waals surface area (Å²) in [5.74, 6) is 0. The zero-order valence-electron chi connectivity index (χ0n) is 8.15. The maximum Gasteiger partial charge on any atom is 0.0278 e. The van der Waals surface area contributed by atoms with E-state index < -0.39 is 0 Å². The second-order valence-electron chi connectivity index (χ2n) is 4.12. The molecular weight excluding hydrogens is 136 g/mol. The van der Waals surface area contributed by atoms with E-state index >= 15 is 0 Å². The fourth-order valence-corrected chi connectivity index (χ4v) is 1.72. The van der Waals surface area contributed by atoms with E-state index in [4.69, 9.17) is 0 Å². The Labute approximate surface area is 70.0 Å². The molecule has 0 bridgehead atoms. The van der Waals surface area contributed by atoms with Gasteiger partial charge in [-0.05, 0) is 27.3 Å². The maximum atomic E-state index is 3.46. The highest BCUT2D eigenvalue weighted by atomic mass is 15.3. The zero-order chi connectivity index (χ0) is 8.48. The van der Waals surface area contributed by atoms with Gasteiger partial charge >= 0.3 is 0 Å². The number of hydrogen-bond acceptors (Lipinski definition) is 2. The minimum Gasteiger partial charge on any atom is -0.313 e. The summed E-state index contributed by atoms with van der Waals surface area (Å²) in [5.41, 5.74) is 0.332. The molecule has 66 valence electrons. The van der Waals surface area contributed by atoms with Crippen molar-refractivity contribution in [1.29, 1.82) is 0 Å². The quantitative estimate of drug-likeness (QED) is 0.611. The van der Waals surface area contributed by atoms with Crippen molar-refractivity contribution in [2.75, 3.05) is 20.1 Å². The molecule has 1 rings (SSSR count). The van der Waals surface area contributed by atoms with Gasteiger partial charge in [-0.2, -0.15) is 0 Å². The Hall–Kier alpha value is -0.0800. The Kier molecular flexibility index (Phi) is 2.55. The first-order valence-electron chi connectivity index (χ1n) is 4.51. The monoisotopic (exact) mass is 156 g/mol. The van der Waals surface area contributed by atoms with Gasteiger partial charge in [-0.15, -0.1) is 0 Å². The first kappa shape index (κ1) is 9.01. The van der Waals surface area contributed by atoms with Gasteiger partial charge in [0.25, 0.3) is 0 Å². The van der Waals surface area contributed by atoms with Gasteiger partial charge in [-0.3, -0.25) is 4.90 Å². The lowest BCUT2D eigenvalue weighted by molar-refractivity contribution is 0.0635. The molecule has 1 aliphatic heterocycles. The van der Waals surface area contributed by atoms with Crippen molar-refractivity contribution < 1.29 is 0 Å². The number of piperazine rings is 1. The van der Waals surface area contributed by atoms with E-state index in [9.17, 15) is 0 Å². The van der Waals surface area contributed by atoms with Gasteiger partial charge in [0.15, 0.2) is 0 Å². The fraction of sp³-hybridized carbons (Fsp3) is 1.00. The summed E-state index contributed by atoms with van der Waals surface area (Å²) in [5, 5.41) is 3.46. The molecule has 2 heteroatoms. The molecule has 0 amide bonds. The topological polar surface area (TPSA) is 15.3 Å². The van der Waals surface area contributed by atoms with Gasteiger partial charge < -0.3 is 5.32 Å². The Bertz CT molecular complexity index is 132. The van der Waals surface area contributed by atoms with E-state index in [0.29, 0.717) is 5.54 Å². The summed E-state index contributed by atoms with van der Waals surface area (Å²) in [6.45, 7) is 9.10. The second kappa shape index (κ2) is 3.11. The molecule has 0 aromatic heterocycles. The van der Waals surface area contributed by atoms with Gasteiger partial charge in [-0.1, -0.05) is 6.92 Å². The SMILES string of the molecule is CCC1CNCC(C)(C)N1C. The van der Waals surface area contributed by atoms with Crippen LogP contribution in [0.1, 0.15) is 27.2 Å². The molecule has 1 aliphatic rings. The Morgan fingerprint density at radius 3 is 2.64 bits per heavy atom.